The molecular weight excluding hydrogens is 100 g/mol. The average molecular weight is 112 g/mol. The minimum absolute atomic E-state index is 0.319. The van der Waals surface area contributed by atoms with Gasteiger partial charge in [-0.1, -0.05) is 6.92 Å². The van der Waals surface area contributed by atoms with Crippen LogP contribution in [0.3, 0.4) is 0 Å². The molecule has 1 heteroatoms. The summed E-state index contributed by atoms with van der Waals surface area (Å²) in [7, 11) is 0. The summed E-state index contributed by atoms with van der Waals surface area (Å²) in [6, 6.07) is 0. The number of epoxide rings is 1. The Morgan fingerprint density at radius 1 is 1.50 bits per heavy atom. The molecule has 1 saturated carbocycles. The van der Waals surface area contributed by atoms with Crippen molar-refractivity contribution < 1.29 is 4.74 Å². The maximum atomic E-state index is 5.45. The summed E-state index contributed by atoms with van der Waals surface area (Å²) >= 11 is 0. The predicted molar refractivity (Wildman–Crippen MR) is 31.7 cm³/mol. The van der Waals surface area contributed by atoms with Gasteiger partial charge < -0.3 is 4.74 Å². The molecule has 1 heterocycles. The number of hydrogen-bond acceptors (Lipinski definition) is 1. The molecule has 0 aromatic rings. The summed E-state index contributed by atoms with van der Waals surface area (Å²) in [5.74, 6) is 0.812. The Bertz CT molecular complexity index is 120. The van der Waals surface area contributed by atoms with Crippen molar-refractivity contribution in [3.8, 4) is 0 Å². The van der Waals surface area contributed by atoms with Crippen molar-refractivity contribution in [2.45, 2.75) is 38.4 Å². The first-order chi connectivity index (χ1) is 3.73. The molecule has 2 fully saturated rings. The first-order valence-corrected chi connectivity index (χ1v) is 3.41. The van der Waals surface area contributed by atoms with Gasteiger partial charge in [0, 0.05) is 0 Å². The largest absolute Gasteiger partial charge is 0.366 e. The SMILES string of the molecule is C[C@H]1CC[C@@H]2O[C@@]21C. The van der Waals surface area contributed by atoms with Crippen LogP contribution in [-0.2, 0) is 4.74 Å². The molecule has 0 bridgehead atoms. The van der Waals surface area contributed by atoms with Crippen LogP contribution in [0.4, 0.5) is 0 Å². The van der Waals surface area contributed by atoms with E-state index in [1.54, 1.807) is 0 Å². The standard InChI is InChI=1S/C7H12O/c1-5-3-4-6-7(5,2)8-6/h5-6H,3-4H2,1-2H3/t5-,6-,7+/m0/s1. The van der Waals surface area contributed by atoms with E-state index in [1.165, 1.54) is 12.8 Å². The number of hydrogen-bond donors (Lipinski definition) is 0. The van der Waals surface area contributed by atoms with Crippen molar-refractivity contribution in [1.82, 2.24) is 0 Å². The first-order valence-electron chi connectivity index (χ1n) is 3.41. The molecule has 0 aromatic heterocycles. The Balaban J connectivity index is 2.19. The molecule has 1 aliphatic heterocycles. The maximum absolute atomic E-state index is 5.45. The predicted octanol–water partition coefficient (Wildman–Crippen LogP) is 1.57. The van der Waals surface area contributed by atoms with Crippen molar-refractivity contribution in [3.63, 3.8) is 0 Å². The van der Waals surface area contributed by atoms with E-state index < -0.39 is 0 Å². The Morgan fingerprint density at radius 3 is 2.38 bits per heavy atom. The van der Waals surface area contributed by atoms with Crippen molar-refractivity contribution in [2.24, 2.45) is 5.92 Å². The minimum atomic E-state index is 0.319. The summed E-state index contributed by atoms with van der Waals surface area (Å²) in [5, 5.41) is 0. The van der Waals surface area contributed by atoms with Crippen LogP contribution in [-0.4, -0.2) is 11.7 Å². The Hall–Kier alpha value is -0.0400. The van der Waals surface area contributed by atoms with E-state index in [-0.39, 0.29) is 0 Å². The second-order valence-corrected chi connectivity index (χ2v) is 3.27. The van der Waals surface area contributed by atoms with Crippen molar-refractivity contribution >= 4 is 0 Å². The van der Waals surface area contributed by atoms with Gasteiger partial charge in [0.2, 0.25) is 0 Å². The van der Waals surface area contributed by atoms with Gasteiger partial charge in [-0.2, -0.15) is 0 Å². The van der Waals surface area contributed by atoms with E-state index in [4.69, 9.17) is 4.74 Å². The molecule has 1 nitrogen and oxygen atoms in total. The minimum Gasteiger partial charge on any atom is -0.366 e. The number of rotatable bonds is 0. The van der Waals surface area contributed by atoms with E-state index in [0.717, 1.165) is 5.92 Å². The molecule has 0 radical (unpaired) electrons. The monoisotopic (exact) mass is 112 g/mol. The lowest BCUT2D eigenvalue weighted by molar-refractivity contribution is 0.211. The van der Waals surface area contributed by atoms with Gasteiger partial charge >= 0.3 is 0 Å². The molecule has 3 atom stereocenters. The highest BCUT2D eigenvalue weighted by Gasteiger charge is 2.59. The smallest absolute Gasteiger partial charge is 0.0945 e. The molecule has 2 aliphatic rings. The quantitative estimate of drug-likeness (QED) is 0.433. The lowest BCUT2D eigenvalue weighted by atomic mass is 10.00. The van der Waals surface area contributed by atoms with Crippen LogP contribution < -0.4 is 0 Å². The fraction of sp³-hybridized carbons (Fsp3) is 1.00. The van der Waals surface area contributed by atoms with Gasteiger partial charge in [0.05, 0.1) is 11.7 Å². The van der Waals surface area contributed by atoms with E-state index in [1.807, 2.05) is 0 Å². The topological polar surface area (TPSA) is 12.5 Å². The molecule has 0 unspecified atom stereocenters. The van der Waals surface area contributed by atoms with Gasteiger partial charge in [0.15, 0.2) is 0 Å². The lowest BCUT2D eigenvalue weighted by Crippen LogP contribution is -2.12. The van der Waals surface area contributed by atoms with E-state index in [0.29, 0.717) is 11.7 Å². The highest BCUT2D eigenvalue weighted by atomic mass is 16.6. The van der Waals surface area contributed by atoms with Crippen molar-refractivity contribution in [2.75, 3.05) is 0 Å². The van der Waals surface area contributed by atoms with E-state index >= 15 is 0 Å². The fourth-order valence-corrected chi connectivity index (χ4v) is 1.74. The molecule has 0 amide bonds. The molecule has 2 rings (SSSR count). The second-order valence-electron chi connectivity index (χ2n) is 3.27. The highest BCUT2D eigenvalue weighted by Crippen LogP contribution is 2.52. The summed E-state index contributed by atoms with van der Waals surface area (Å²) in [6.07, 6.45) is 3.32. The van der Waals surface area contributed by atoms with Crippen LogP contribution in [0.5, 0.6) is 0 Å². The van der Waals surface area contributed by atoms with Crippen LogP contribution in [0.2, 0.25) is 0 Å². The lowest BCUT2D eigenvalue weighted by Gasteiger charge is -2.07. The van der Waals surface area contributed by atoms with Gasteiger partial charge in [0.25, 0.3) is 0 Å². The summed E-state index contributed by atoms with van der Waals surface area (Å²) in [4.78, 5) is 0. The van der Waals surface area contributed by atoms with Gasteiger partial charge in [-0.3, -0.25) is 0 Å². The fourth-order valence-electron chi connectivity index (χ4n) is 1.74. The summed E-state index contributed by atoms with van der Waals surface area (Å²) in [5.41, 5.74) is 0.319. The average Bonchev–Trinajstić information content (AvgIpc) is 2.31. The Labute approximate surface area is 50.0 Å². The third kappa shape index (κ3) is 0.368. The highest BCUT2D eigenvalue weighted by molar-refractivity contribution is 5.07. The number of ether oxygens (including phenoxy) is 1. The Kier molecular flexibility index (Phi) is 0.663. The van der Waals surface area contributed by atoms with Crippen molar-refractivity contribution in [3.05, 3.63) is 0 Å². The van der Waals surface area contributed by atoms with Crippen LogP contribution in [0.15, 0.2) is 0 Å². The van der Waals surface area contributed by atoms with Gasteiger partial charge in [-0.15, -0.1) is 0 Å². The van der Waals surface area contributed by atoms with Gasteiger partial charge in [-0.05, 0) is 25.7 Å². The Morgan fingerprint density at radius 2 is 2.25 bits per heavy atom. The van der Waals surface area contributed by atoms with Crippen molar-refractivity contribution in [1.29, 1.82) is 0 Å². The summed E-state index contributed by atoms with van der Waals surface area (Å²) in [6.45, 7) is 4.52. The van der Waals surface area contributed by atoms with Gasteiger partial charge in [-0.25, -0.2) is 0 Å². The first kappa shape index (κ1) is 4.80. The van der Waals surface area contributed by atoms with E-state index in [9.17, 15) is 0 Å². The van der Waals surface area contributed by atoms with Crippen LogP contribution >= 0.6 is 0 Å². The summed E-state index contributed by atoms with van der Waals surface area (Å²) < 4.78 is 5.45. The second kappa shape index (κ2) is 1.10. The third-order valence-electron chi connectivity index (χ3n) is 2.82. The maximum Gasteiger partial charge on any atom is 0.0945 e. The molecule has 1 aliphatic carbocycles. The molecule has 46 valence electrons. The molecule has 8 heavy (non-hydrogen) atoms. The molecular formula is C7H12O. The molecule has 0 aromatic carbocycles. The van der Waals surface area contributed by atoms with E-state index in [2.05, 4.69) is 13.8 Å². The zero-order chi connectivity index (χ0) is 5.78. The molecule has 0 spiro atoms. The van der Waals surface area contributed by atoms with Crippen LogP contribution in [0.1, 0.15) is 26.7 Å². The molecule has 1 saturated heterocycles. The zero-order valence-electron chi connectivity index (χ0n) is 5.48. The number of fused-ring (bicyclic) bond motifs is 1. The zero-order valence-corrected chi connectivity index (χ0v) is 5.48. The third-order valence-corrected chi connectivity index (χ3v) is 2.82. The molecule has 0 N–H and O–H groups in total. The normalized spacial score (nSPS) is 60.8. The van der Waals surface area contributed by atoms with Crippen LogP contribution in [0.25, 0.3) is 0 Å². The van der Waals surface area contributed by atoms with Crippen LogP contribution in [0, 0.1) is 5.92 Å². The van der Waals surface area contributed by atoms with Gasteiger partial charge in [0.1, 0.15) is 0 Å².